The van der Waals surface area contributed by atoms with Crippen LogP contribution < -0.4 is 10.1 Å². The number of rotatable bonds is 5. The maximum atomic E-state index is 12.4. The molecule has 0 aliphatic carbocycles. The second-order valence-corrected chi connectivity index (χ2v) is 5.93. The zero-order valence-corrected chi connectivity index (χ0v) is 14.5. The van der Waals surface area contributed by atoms with E-state index in [1.54, 1.807) is 11.9 Å². The smallest absolute Gasteiger partial charge is 0.321 e. The van der Waals surface area contributed by atoms with Gasteiger partial charge in [-0.15, -0.1) is 0 Å². The minimum Gasteiger partial charge on any atom is -0.494 e. The lowest BCUT2D eigenvalue weighted by Crippen LogP contribution is -2.30. The highest BCUT2D eigenvalue weighted by Crippen LogP contribution is 2.19. The van der Waals surface area contributed by atoms with Crippen molar-refractivity contribution in [1.29, 1.82) is 0 Å². The van der Waals surface area contributed by atoms with Crippen LogP contribution in [0.25, 0.3) is 10.8 Å². The first-order valence-corrected chi connectivity index (χ1v) is 8.38. The largest absolute Gasteiger partial charge is 0.494 e. The van der Waals surface area contributed by atoms with E-state index in [0.717, 1.165) is 27.8 Å². The van der Waals surface area contributed by atoms with Gasteiger partial charge < -0.3 is 15.0 Å². The molecule has 3 aromatic carbocycles. The third-order valence-corrected chi connectivity index (χ3v) is 4.00. The minimum atomic E-state index is -0.135. The van der Waals surface area contributed by atoms with Crippen molar-refractivity contribution in [3.8, 4) is 5.75 Å². The Morgan fingerprint density at radius 2 is 1.72 bits per heavy atom. The molecule has 0 radical (unpaired) electrons. The molecule has 0 aliphatic heterocycles. The number of hydrogen-bond donors (Lipinski definition) is 1. The second kappa shape index (κ2) is 7.71. The summed E-state index contributed by atoms with van der Waals surface area (Å²) in [5.41, 5.74) is 1.85. The minimum absolute atomic E-state index is 0.135. The molecule has 0 aliphatic rings. The number of nitrogens with zero attached hydrogens (tertiary/aromatic N) is 1. The molecule has 0 fully saturated rings. The van der Waals surface area contributed by atoms with Crippen molar-refractivity contribution in [3.05, 3.63) is 72.3 Å². The Morgan fingerprint density at radius 1 is 1.00 bits per heavy atom. The van der Waals surface area contributed by atoms with Gasteiger partial charge in [0.1, 0.15) is 5.75 Å². The predicted octanol–water partition coefficient (Wildman–Crippen LogP) is 4.90. The van der Waals surface area contributed by atoms with E-state index in [-0.39, 0.29) is 6.03 Å². The molecule has 0 atom stereocenters. The summed E-state index contributed by atoms with van der Waals surface area (Å²) in [6.07, 6.45) is 0. The number of benzene rings is 3. The number of urea groups is 1. The third-order valence-electron chi connectivity index (χ3n) is 4.00. The molecule has 128 valence electrons. The maximum absolute atomic E-state index is 12.4. The van der Waals surface area contributed by atoms with Crippen molar-refractivity contribution < 1.29 is 9.53 Å². The number of nitrogens with one attached hydrogen (secondary N) is 1. The van der Waals surface area contributed by atoms with Crippen molar-refractivity contribution in [2.45, 2.75) is 13.5 Å². The summed E-state index contributed by atoms with van der Waals surface area (Å²) in [5, 5.41) is 5.21. The number of amides is 2. The molecule has 0 saturated heterocycles. The van der Waals surface area contributed by atoms with Crippen LogP contribution in [-0.4, -0.2) is 24.6 Å². The SMILES string of the molecule is CCOc1ccc(CN(C)C(=O)Nc2ccc3ccccc3c2)cc1. The number of carbonyl (C=O) groups is 1. The quantitative estimate of drug-likeness (QED) is 0.721. The van der Waals surface area contributed by atoms with Gasteiger partial charge >= 0.3 is 6.03 Å². The van der Waals surface area contributed by atoms with Crippen LogP contribution in [0.3, 0.4) is 0 Å². The summed E-state index contributed by atoms with van der Waals surface area (Å²) < 4.78 is 5.43. The molecule has 4 heteroatoms. The Balaban J connectivity index is 1.63. The first kappa shape index (κ1) is 16.8. The highest BCUT2D eigenvalue weighted by atomic mass is 16.5. The average molecular weight is 334 g/mol. The van der Waals surface area contributed by atoms with E-state index in [1.165, 1.54) is 0 Å². The highest BCUT2D eigenvalue weighted by molar-refractivity contribution is 5.93. The van der Waals surface area contributed by atoms with Crippen LogP contribution >= 0.6 is 0 Å². The van der Waals surface area contributed by atoms with Crippen molar-refractivity contribution in [2.75, 3.05) is 19.0 Å². The van der Waals surface area contributed by atoms with Crippen LogP contribution in [0.4, 0.5) is 10.5 Å². The van der Waals surface area contributed by atoms with Gasteiger partial charge in [-0.25, -0.2) is 4.79 Å². The van der Waals surface area contributed by atoms with Crippen LogP contribution in [-0.2, 0) is 6.54 Å². The van der Waals surface area contributed by atoms with Crippen LogP contribution in [0.2, 0.25) is 0 Å². The van der Waals surface area contributed by atoms with Gasteiger partial charge in [-0.3, -0.25) is 0 Å². The molecule has 0 spiro atoms. The van der Waals surface area contributed by atoms with Gasteiger partial charge in [0.15, 0.2) is 0 Å². The fourth-order valence-electron chi connectivity index (χ4n) is 2.69. The lowest BCUT2D eigenvalue weighted by molar-refractivity contribution is 0.220. The van der Waals surface area contributed by atoms with Crippen molar-refractivity contribution >= 4 is 22.5 Å². The molecule has 1 N–H and O–H groups in total. The van der Waals surface area contributed by atoms with Crippen LogP contribution in [0, 0.1) is 0 Å². The van der Waals surface area contributed by atoms with Gasteiger partial charge in [-0.2, -0.15) is 0 Å². The molecular weight excluding hydrogens is 312 g/mol. The highest BCUT2D eigenvalue weighted by Gasteiger charge is 2.10. The number of fused-ring (bicyclic) bond motifs is 1. The lowest BCUT2D eigenvalue weighted by atomic mass is 10.1. The first-order valence-electron chi connectivity index (χ1n) is 8.38. The summed E-state index contributed by atoms with van der Waals surface area (Å²) in [4.78, 5) is 14.1. The molecule has 2 amide bonds. The van der Waals surface area contributed by atoms with Crippen molar-refractivity contribution in [3.63, 3.8) is 0 Å². The normalized spacial score (nSPS) is 10.5. The Hall–Kier alpha value is -3.01. The summed E-state index contributed by atoms with van der Waals surface area (Å²) in [7, 11) is 1.78. The molecule has 0 unspecified atom stereocenters. The van der Waals surface area contributed by atoms with E-state index in [2.05, 4.69) is 11.4 Å². The van der Waals surface area contributed by atoms with Gasteiger partial charge in [0, 0.05) is 19.3 Å². The molecule has 25 heavy (non-hydrogen) atoms. The van der Waals surface area contributed by atoms with Gasteiger partial charge in [-0.1, -0.05) is 42.5 Å². The van der Waals surface area contributed by atoms with Crippen LogP contribution in [0.5, 0.6) is 5.75 Å². The summed E-state index contributed by atoms with van der Waals surface area (Å²) in [6, 6.07) is 21.7. The molecule has 3 rings (SSSR count). The molecule has 0 heterocycles. The van der Waals surface area contributed by atoms with Gasteiger partial charge in [0.25, 0.3) is 0 Å². The zero-order valence-electron chi connectivity index (χ0n) is 14.5. The molecular formula is C21H22N2O2. The standard InChI is InChI=1S/C21H22N2O2/c1-3-25-20-12-8-16(9-13-20)15-23(2)21(24)22-19-11-10-17-6-4-5-7-18(17)14-19/h4-14H,3,15H2,1-2H3,(H,22,24). The van der Waals surface area contributed by atoms with E-state index in [0.29, 0.717) is 13.2 Å². The number of ether oxygens (including phenoxy) is 1. The Bertz CT molecular complexity index is 859. The average Bonchev–Trinajstić information content (AvgIpc) is 2.63. The van der Waals surface area contributed by atoms with E-state index in [4.69, 9.17) is 4.74 Å². The monoisotopic (exact) mass is 334 g/mol. The van der Waals surface area contributed by atoms with Gasteiger partial charge in [-0.05, 0) is 47.5 Å². The Kier molecular flexibility index (Phi) is 5.19. The number of carbonyl (C=O) groups excluding carboxylic acids is 1. The number of anilines is 1. The topological polar surface area (TPSA) is 41.6 Å². The van der Waals surface area contributed by atoms with Crippen LogP contribution in [0.1, 0.15) is 12.5 Å². The molecule has 0 aromatic heterocycles. The van der Waals surface area contributed by atoms with E-state index >= 15 is 0 Å². The predicted molar refractivity (Wildman–Crippen MR) is 102 cm³/mol. The zero-order chi connectivity index (χ0) is 17.6. The molecule has 4 nitrogen and oxygen atoms in total. The number of hydrogen-bond acceptors (Lipinski definition) is 2. The first-order chi connectivity index (χ1) is 12.2. The Morgan fingerprint density at radius 3 is 2.44 bits per heavy atom. The molecule has 3 aromatic rings. The Labute approximate surface area is 148 Å². The summed E-state index contributed by atoms with van der Waals surface area (Å²) in [6.45, 7) is 3.14. The van der Waals surface area contributed by atoms with E-state index < -0.39 is 0 Å². The lowest BCUT2D eigenvalue weighted by Gasteiger charge is -2.18. The van der Waals surface area contributed by atoms with E-state index in [1.807, 2.05) is 67.6 Å². The summed E-state index contributed by atoms with van der Waals surface area (Å²) in [5.74, 6) is 0.842. The fourth-order valence-corrected chi connectivity index (χ4v) is 2.69. The van der Waals surface area contributed by atoms with Gasteiger partial charge in [0.2, 0.25) is 0 Å². The maximum Gasteiger partial charge on any atom is 0.321 e. The van der Waals surface area contributed by atoms with Crippen LogP contribution in [0.15, 0.2) is 66.7 Å². The van der Waals surface area contributed by atoms with Crippen molar-refractivity contribution in [1.82, 2.24) is 4.90 Å². The second-order valence-electron chi connectivity index (χ2n) is 5.93. The van der Waals surface area contributed by atoms with Gasteiger partial charge in [0.05, 0.1) is 6.61 Å². The summed E-state index contributed by atoms with van der Waals surface area (Å²) >= 11 is 0. The van der Waals surface area contributed by atoms with Crippen molar-refractivity contribution in [2.24, 2.45) is 0 Å². The fraction of sp³-hybridized carbons (Fsp3) is 0.190. The third kappa shape index (κ3) is 4.29. The van der Waals surface area contributed by atoms with E-state index in [9.17, 15) is 4.79 Å². The molecule has 0 bridgehead atoms. The molecule has 0 saturated carbocycles.